The van der Waals surface area contributed by atoms with E-state index < -0.39 is 0 Å². The fraction of sp³-hybridized carbons (Fsp3) is 0.438. The topological polar surface area (TPSA) is 50.9 Å². The third-order valence-corrected chi connectivity index (χ3v) is 3.79. The van der Waals surface area contributed by atoms with Crippen molar-refractivity contribution in [2.24, 2.45) is 11.8 Å². The number of fused-ring (bicyclic) bond motifs is 1. The lowest BCUT2D eigenvalue weighted by atomic mass is 9.92. The summed E-state index contributed by atoms with van der Waals surface area (Å²) in [6.07, 6.45) is 2.21. The van der Waals surface area contributed by atoms with Crippen molar-refractivity contribution in [3.63, 3.8) is 0 Å². The maximum absolute atomic E-state index is 5.78. The van der Waals surface area contributed by atoms with Crippen LogP contribution in [0.1, 0.15) is 44.0 Å². The van der Waals surface area contributed by atoms with Crippen LogP contribution in [-0.4, -0.2) is 4.98 Å². The first-order chi connectivity index (χ1) is 9.15. The summed E-state index contributed by atoms with van der Waals surface area (Å²) in [6.45, 7) is 6.52. The molecule has 0 spiro atoms. The van der Waals surface area contributed by atoms with E-state index >= 15 is 0 Å². The lowest BCUT2D eigenvalue weighted by molar-refractivity contribution is 0.409. The molecule has 2 aromatic rings. The first-order valence-electron chi connectivity index (χ1n) is 6.98. The van der Waals surface area contributed by atoms with Crippen LogP contribution in [0.4, 0.5) is 0 Å². The number of nitrogens with two attached hydrogens (primary N) is 1. The minimum atomic E-state index is 0.182. The Morgan fingerprint density at radius 2 is 2.05 bits per heavy atom. The van der Waals surface area contributed by atoms with Gasteiger partial charge in [0, 0.05) is 17.1 Å². The van der Waals surface area contributed by atoms with E-state index in [2.05, 4.69) is 48.5 Å². The van der Waals surface area contributed by atoms with E-state index in [1.165, 1.54) is 17.4 Å². The average Bonchev–Trinajstić information content (AvgIpc) is 2.43. The van der Waals surface area contributed by atoms with Gasteiger partial charge in [0.1, 0.15) is 0 Å². The molecule has 1 aromatic carbocycles. The average molecular weight is 257 g/mol. The van der Waals surface area contributed by atoms with Crippen LogP contribution in [0, 0.1) is 12.8 Å². The number of nitrogens with zero attached hydrogens (tertiary/aromatic N) is 1. The monoisotopic (exact) mass is 257 g/mol. The van der Waals surface area contributed by atoms with Gasteiger partial charge in [-0.05, 0) is 37.0 Å². The number of para-hydroxylation sites is 1. The van der Waals surface area contributed by atoms with Gasteiger partial charge in [-0.25, -0.2) is 0 Å². The SMILES string of the molecule is CCC(C)CC(NN)c1cc(C)nc2ccccc12. The quantitative estimate of drug-likeness (QED) is 0.637. The molecule has 0 bridgehead atoms. The van der Waals surface area contributed by atoms with Gasteiger partial charge >= 0.3 is 0 Å². The lowest BCUT2D eigenvalue weighted by Gasteiger charge is -2.21. The fourth-order valence-corrected chi connectivity index (χ4v) is 2.48. The zero-order valence-corrected chi connectivity index (χ0v) is 12.0. The Morgan fingerprint density at radius 1 is 1.32 bits per heavy atom. The summed E-state index contributed by atoms with van der Waals surface area (Å²) in [6, 6.07) is 10.6. The molecule has 1 aromatic heterocycles. The maximum Gasteiger partial charge on any atom is 0.0708 e. The highest BCUT2D eigenvalue weighted by molar-refractivity contribution is 5.82. The molecule has 0 amide bonds. The van der Waals surface area contributed by atoms with Gasteiger partial charge < -0.3 is 0 Å². The van der Waals surface area contributed by atoms with Gasteiger partial charge in [-0.15, -0.1) is 0 Å². The third kappa shape index (κ3) is 3.11. The zero-order chi connectivity index (χ0) is 13.8. The van der Waals surface area contributed by atoms with Gasteiger partial charge in [-0.2, -0.15) is 0 Å². The number of rotatable bonds is 5. The van der Waals surface area contributed by atoms with Crippen molar-refractivity contribution in [3.8, 4) is 0 Å². The molecule has 0 aliphatic heterocycles. The van der Waals surface area contributed by atoms with Gasteiger partial charge in [0.15, 0.2) is 0 Å². The van der Waals surface area contributed by atoms with Gasteiger partial charge in [-0.1, -0.05) is 38.5 Å². The highest BCUT2D eigenvalue weighted by atomic mass is 15.2. The Labute approximate surface area is 115 Å². The Morgan fingerprint density at radius 3 is 2.74 bits per heavy atom. The highest BCUT2D eigenvalue weighted by Crippen LogP contribution is 2.28. The largest absolute Gasteiger partial charge is 0.271 e. The van der Waals surface area contributed by atoms with Crippen molar-refractivity contribution in [3.05, 3.63) is 41.6 Å². The molecule has 102 valence electrons. The van der Waals surface area contributed by atoms with E-state index in [0.29, 0.717) is 5.92 Å². The molecule has 0 radical (unpaired) electrons. The molecular formula is C16H23N3. The lowest BCUT2D eigenvalue weighted by Crippen LogP contribution is -2.29. The van der Waals surface area contributed by atoms with Crippen molar-refractivity contribution in [1.82, 2.24) is 10.4 Å². The van der Waals surface area contributed by atoms with Gasteiger partial charge in [-0.3, -0.25) is 16.3 Å². The van der Waals surface area contributed by atoms with Gasteiger partial charge in [0.2, 0.25) is 0 Å². The number of aromatic nitrogens is 1. The molecule has 0 fully saturated rings. The van der Waals surface area contributed by atoms with Crippen LogP contribution in [-0.2, 0) is 0 Å². The first-order valence-corrected chi connectivity index (χ1v) is 6.98. The predicted octanol–water partition coefficient (Wildman–Crippen LogP) is 3.48. The van der Waals surface area contributed by atoms with E-state index in [1.54, 1.807) is 0 Å². The van der Waals surface area contributed by atoms with Crippen LogP contribution in [0.3, 0.4) is 0 Å². The molecule has 0 saturated carbocycles. The molecule has 2 unspecified atom stereocenters. The minimum Gasteiger partial charge on any atom is -0.271 e. The van der Waals surface area contributed by atoms with E-state index in [0.717, 1.165) is 17.6 Å². The first kappa shape index (κ1) is 14.0. The summed E-state index contributed by atoms with van der Waals surface area (Å²) in [4.78, 5) is 4.58. The summed E-state index contributed by atoms with van der Waals surface area (Å²) in [5.74, 6) is 6.43. The second-order valence-corrected chi connectivity index (χ2v) is 5.34. The van der Waals surface area contributed by atoms with E-state index in [1.807, 2.05) is 13.0 Å². The summed E-state index contributed by atoms with van der Waals surface area (Å²) in [5, 5.41) is 1.19. The van der Waals surface area contributed by atoms with Crippen molar-refractivity contribution in [2.45, 2.75) is 39.7 Å². The zero-order valence-electron chi connectivity index (χ0n) is 12.0. The van der Waals surface area contributed by atoms with Crippen molar-refractivity contribution < 1.29 is 0 Å². The summed E-state index contributed by atoms with van der Waals surface area (Å²) in [7, 11) is 0. The van der Waals surface area contributed by atoms with Crippen LogP contribution in [0.2, 0.25) is 0 Å². The second kappa shape index (κ2) is 6.13. The molecule has 1 heterocycles. The number of hydrogen-bond donors (Lipinski definition) is 2. The summed E-state index contributed by atoms with van der Waals surface area (Å²) >= 11 is 0. The molecule has 3 nitrogen and oxygen atoms in total. The predicted molar refractivity (Wildman–Crippen MR) is 80.6 cm³/mol. The normalized spacial score (nSPS) is 14.5. The van der Waals surface area contributed by atoms with Crippen LogP contribution < -0.4 is 11.3 Å². The number of nitrogens with one attached hydrogen (secondary N) is 1. The van der Waals surface area contributed by atoms with Crippen LogP contribution in [0.15, 0.2) is 30.3 Å². The maximum atomic E-state index is 5.78. The van der Waals surface area contributed by atoms with Crippen molar-refractivity contribution >= 4 is 10.9 Å². The highest BCUT2D eigenvalue weighted by Gasteiger charge is 2.16. The Hall–Kier alpha value is -1.45. The molecule has 2 atom stereocenters. The Balaban J connectivity index is 2.46. The van der Waals surface area contributed by atoms with Crippen LogP contribution >= 0.6 is 0 Å². The number of pyridine rings is 1. The van der Waals surface area contributed by atoms with Gasteiger partial charge in [0.25, 0.3) is 0 Å². The molecule has 3 N–H and O–H groups in total. The third-order valence-electron chi connectivity index (χ3n) is 3.79. The number of benzene rings is 1. The molecule has 19 heavy (non-hydrogen) atoms. The molecule has 0 aliphatic rings. The second-order valence-electron chi connectivity index (χ2n) is 5.34. The summed E-state index contributed by atoms with van der Waals surface area (Å²) < 4.78 is 0. The smallest absolute Gasteiger partial charge is 0.0708 e. The number of hydrogen-bond acceptors (Lipinski definition) is 3. The van der Waals surface area contributed by atoms with Crippen molar-refractivity contribution in [1.29, 1.82) is 0 Å². The molecule has 3 heteroatoms. The molecule has 2 rings (SSSR count). The molecule has 0 saturated heterocycles. The standard InChI is InChI=1S/C16H23N3/c1-4-11(2)9-16(19-17)14-10-12(3)18-15-8-6-5-7-13(14)15/h5-8,10-11,16,19H,4,9,17H2,1-3H3. The minimum absolute atomic E-state index is 0.182. The van der Waals surface area contributed by atoms with E-state index in [-0.39, 0.29) is 6.04 Å². The Kier molecular flexibility index (Phi) is 4.51. The van der Waals surface area contributed by atoms with E-state index in [9.17, 15) is 0 Å². The van der Waals surface area contributed by atoms with Gasteiger partial charge in [0.05, 0.1) is 5.52 Å². The van der Waals surface area contributed by atoms with E-state index in [4.69, 9.17) is 5.84 Å². The Bertz CT molecular complexity index is 551. The molecular weight excluding hydrogens is 234 g/mol. The van der Waals surface area contributed by atoms with Crippen LogP contribution in [0.25, 0.3) is 10.9 Å². The number of aryl methyl sites for hydroxylation is 1. The molecule has 0 aliphatic carbocycles. The van der Waals surface area contributed by atoms with Crippen molar-refractivity contribution in [2.75, 3.05) is 0 Å². The fourth-order valence-electron chi connectivity index (χ4n) is 2.48. The summed E-state index contributed by atoms with van der Waals surface area (Å²) in [5.41, 5.74) is 6.31. The van der Waals surface area contributed by atoms with Crippen LogP contribution in [0.5, 0.6) is 0 Å². The number of hydrazine groups is 1.